The van der Waals surface area contributed by atoms with E-state index in [1.165, 1.54) is 5.56 Å². The number of aryl methyl sites for hydroxylation is 1. The highest BCUT2D eigenvalue weighted by Gasteiger charge is 2.10. The van der Waals surface area contributed by atoms with Crippen LogP contribution in [-0.4, -0.2) is 12.0 Å². The summed E-state index contributed by atoms with van der Waals surface area (Å²) in [4.78, 5) is 5.55. The van der Waals surface area contributed by atoms with Crippen LogP contribution in [0, 0.1) is 6.92 Å². The molecule has 0 aliphatic rings. The molecule has 1 aromatic heterocycles. The second-order valence-corrected chi connectivity index (χ2v) is 6.14. The average Bonchev–Trinajstić information content (AvgIpc) is 2.70. The van der Waals surface area contributed by atoms with Gasteiger partial charge in [0.1, 0.15) is 0 Å². The minimum absolute atomic E-state index is 0.788. The molecule has 0 bridgehead atoms. The zero-order valence-electron chi connectivity index (χ0n) is 9.66. The second kappa shape index (κ2) is 5.87. The summed E-state index contributed by atoms with van der Waals surface area (Å²) >= 11 is 9.54. The van der Waals surface area contributed by atoms with E-state index < -0.39 is 0 Å². The molecular weight excluding hydrogens is 272 g/mol. The molecule has 2 aromatic rings. The summed E-state index contributed by atoms with van der Waals surface area (Å²) in [6.45, 7) is 2.81. The van der Waals surface area contributed by atoms with Crippen LogP contribution in [0.25, 0.3) is 0 Å². The molecule has 5 heteroatoms. The summed E-state index contributed by atoms with van der Waals surface area (Å²) in [5.41, 5.74) is 2.26. The van der Waals surface area contributed by atoms with Gasteiger partial charge >= 0.3 is 0 Å². The summed E-state index contributed by atoms with van der Waals surface area (Å²) in [6.07, 6.45) is 0. The van der Waals surface area contributed by atoms with Crippen molar-refractivity contribution in [1.29, 1.82) is 0 Å². The fourth-order valence-corrected chi connectivity index (χ4v) is 3.68. The Labute approximate surface area is 114 Å². The highest BCUT2D eigenvalue weighted by molar-refractivity contribution is 8.01. The zero-order valence-corrected chi connectivity index (χ0v) is 12.0. The number of halogens is 1. The number of rotatable bonds is 4. The predicted molar refractivity (Wildman–Crippen MR) is 75.2 cm³/mol. The third kappa shape index (κ3) is 3.22. The molecule has 1 N–H and O–H groups in total. The van der Waals surface area contributed by atoms with Crippen molar-refractivity contribution in [3.05, 3.63) is 39.9 Å². The van der Waals surface area contributed by atoms with Crippen molar-refractivity contribution >= 4 is 34.7 Å². The number of hydrogen-bond acceptors (Lipinski definition) is 4. The zero-order chi connectivity index (χ0) is 12.3. The molecule has 0 amide bonds. The van der Waals surface area contributed by atoms with Crippen molar-refractivity contribution in [3.63, 3.8) is 0 Å². The molecule has 1 heterocycles. The van der Waals surface area contributed by atoms with Crippen molar-refractivity contribution in [2.45, 2.75) is 22.7 Å². The number of hydrogen-bond donors (Lipinski definition) is 1. The van der Waals surface area contributed by atoms with Gasteiger partial charge in [0.05, 0.1) is 5.02 Å². The monoisotopic (exact) mass is 284 g/mol. The van der Waals surface area contributed by atoms with Crippen LogP contribution >= 0.6 is 34.7 Å². The topological polar surface area (TPSA) is 24.9 Å². The van der Waals surface area contributed by atoms with E-state index >= 15 is 0 Å². The molecule has 0 atom stereocenters. The summed E-state index contributed by atoms with van der Waals surface area (Å²) in [5, 5.41) is 5.99. The van der Waals surface area contributed by atoms with E-state index in [1.54, 1.807) is 23.1 Å². The van der Waals surface area contributed by atoms with E-state index in [0.717, 1.165) is 26.5 Å². The Kier molecular flexibility index (Phi) is 4.45. The maximum absolute atomic E-state index is 6.25. The molecule has 2 rings (SSSR count). The van der Waals surface area contributed by atoms with Crippen LogP contribution in [0.3, 0.4) is 0 Å². The molecule has 0 aliphatic carbocycles. The van der Waals surface area contributed by atoms with E-state index in [9.17, 15) is 0 Å². The maximum Gasteiger partial charge on any atom is 0.154 e. The standard InChI is InChI=1S/C12H13ClN2S2/c1-8-7-16-12(15-8)17-11-9(6-14-2)4-3-5-10(11)13/h3-5,7,14H,6H2,1-2H3. The largest absolute Gasteiger partial charge is 0.316 e. The van der Waals surface area contributed by atoms with Crippen LogP contribution in [0.15, 0.2) is 32.8 Å². The quantitative estimate of drug-likeness (QED) is 0.919. The van der Waals surface area contributed by atoms with Gasteiger partial charge in [0.25, 0.3) is 0 Å². The van der Waals surface area contributed by atoms with Crippen LogP contribution in [0.4, 0.5) is 0 Å². The van der Waals surface area contributed by atoms with Crippen molar-refractivity contribution in [3.8, 4) is 0 Å². The van der Waals surface area contributed by atoms with E-state index in [-0.39, 0.29) is 0 Å². The minimum atomic E-state index is 0.788. The van der Waals surface area contributed by atoms with Crippen molar-refractivity contribution in [2.75, 3.05) is 7.05 Å². The molecule has 0 fully saturated rings. The van der Waals surface area contributed by atoms with Crippen molar-refractivity contribution in [1.82, 2.24) is 10.3 Å². The Morgan fingerprint density at radius 1 is 1.47 bits per heavy atom. The van der Waals surface area contributed by atoms with Crippen molar-refractivity contribution < 1.29 is 0 Å². The van der Waals surface area contributed by atoms with Crippen molar-refractivity contribution in [2.24, 2.45) is 0 Å². The summed E-state index contributed by atoms with van der Waals surface area (Å²) in [5.74, 6) is 0. The van der Waals surface area contributed by atoms with E-state index in [0.29, 0.717) is 0 Å². The molecule has 0 saturated carbocycles. The van der Waals surface area contributed by atoms with Gasteiger partial charge in [0.15, 0.2) is 4.34 Å². The molecule has 0 aliphatic heterocycles. The third-order valence-electron chi connectivity index (χ3n) is 2.20. The number of thiazole rings is 1. The first-order chi connectivity index (χ1) is 8.20. The second-order valence-electron chi connectivity index (χ2n) is 3.62. The van der Waals surface area contributed by atoms with E-state index in [1.807, 2.05) is 26.1 Å². The molecular formula is C12H13ClN2S2. The Bertz CT molecular complexity index is 511. The summed E-state index contributed by atoms with van der Waals surface area (Å²) in [6, 6.07) is 5.99. The van der Waals surface area contributed by atoms with Gasteiger partial charge in [-0.05, 0) is 25.6 Å². The SMILES string of the molecule is CNCc1cccc(Cl)c1Sc1nc(C)cs1. The van der Waals surface area contributed by atoms with Crippen LogP contribution < -0.4 is 5.32 Å². The van der Waals surface area contributed by atoms with Gasteiger partial charge in [-0.25, -0.2) is 4.98 Å². The van der Waals surface area contributed by atoms with Crippen LogP contribution in [0.5, 0.6) is 0 Å². The van der Waals surface area contributed by atoms with Gasteiger partial charge in [-0.1, -0.05) is 35.5 Å². The molecule has 1 aromatic carbocycles. The first-order valence-corrected chi connectivity index (χ1v) is 7.30. The van der Waals surface area contributed by atoms with Crippen LogP contribution in [-0.2, 0) is 6.54 Å². The van der Waals surface area contributed by atoms with Gasteiger partial charge < -0.3 is 5.32 Å². The Hall–Kier alpha value is -0.550. The molecule has 17 heavy (non-hydrogen) atoms. The lowest BCUT2D eigenvalue weighted by Crippen LogP contribution is -2.06. The Morgan fingerprint density at radius 2 is 2.29 bits per heavy atom. The molecule has 90 valence electrons. The molecule has 0 saturated heterocycles. The first kappa shape index (κ1) is 12.9. The summed E-state index contributed by atoms with van der Waals surface area (Å²) < 4.78 is 1.04. The number of nitrogens with zero attached hydrogens (tertiary/aromatic N) is 1. The fourth-order valence-electron chi connectivity index (χ4n) is 1.46. The van der Waals surface area contributed by atoms with Gasteiger partial charge in [0, 0.05) is 22.5 Å². The predicted octanol–water partition coefficient (Wildman–Crippen LogP) is 3.98. The van der Waals surface area contributed by atoms with Crippen LogP contribution in [0.2, 0.25) is 5.02 Å². The van der Waals surface area contributed by atoms with Crippen LogP contribution in [0.1, 0.15) is 11.3 Å². The maximum atomic E-state index is 6.25. The lowest BCUT2D eigenvalue weighted by Gasteiger charge is -2.08. The van der Waals surface area contributed by atoms with E-state index in [4.69, 9.17) is 11.6 Å². The molecule has 0 spiro atoms. The lowest BCUT2D eigenvalue weighted by atomic mass is 10.2. The van der Waals surface area contributed by atoms with Gasteiger partial charge in [-0.2, -0.15) is 0 Å². The molecule has 0 radical (unpaired) electrons. The first-order valence-electron chi connectivity index (χ1n) is 5.22. The number of benzene rings is 1. The number of aromatic nitrogens is 1. The summed E-state index contributed by atoms with van der Waals surface area (Å²) in [7, 11) is 1.93. The van der Waals surface area contributed by atoms with Gasteiger partial charge in [-0.15, -0.1) is 11.3 Å². The van der Waals surface area contributed by atoms with E-state index in [2.05, 4.69) is 21.7 Å². The number of nitrogens with one attached hydrogen (secondary N) is 1. The highest BCUT2D eigenvalue weighted by Crippen LogP contribution is 2.37. The Morgan fingerprint density at radius 3 is 2.94 bits per heavy atom. The lowest BCUT2D eigenvalue weighted by molar-refractivity contribution is 0.803. The third-order valence-corrected chi connectivity index (χ3v) is 4.87. The molecule has 0 unspecified atom stereocenters. The smallest absolute Gasteiger partial charge is 0.154 e. The molecule has 2 nitrogen and oxygen atoms in total. The minimum Gasteiger partial charge on any atom is -0.316 e. The normalized spacial score (nSPS) is 10.8. The average molecular weight is 285 g/mol. The van der Waals surface area contributed by atoms with Gasteiger partial charge in [-0.3, -0.25) is 0 Å². The fraction of sp³-hybridized carbons (Fsp3) is 0.250. The van der Waals surface area contributed by atoms with Gasteiger partial charge in [0.2, 0.25) is 0 Å². The highest BCUT2D eigenvalue weighted by atomic mass is 35.5. The Balaban J connectivity index is 2.30.